The van der Waals surface area contributed by atoms with E-state index in [-0.39, 0.29) is 12.1 Å². The van der Waals surface area contributed by atoms with Crippen LogP contribution in [0, 0.1) is 3.57 Å². The van der Waals surface area contributed by atoms with Crippen LogP contribution in [0.3, 0.4) is 0 Å². The third-order valence-electron chi connectivity index (χ3n) is 2.81. The molecule has 1 aromatic carbocycles. The van der Waals surface area contributed by atoms with E-state index in [9.17, 15) is 0 Å². The van der Waals surface area contributed by atoms with E-state index in [4.69, 9.17) is 10.6 Å². The molecular formula is C15H18IN3O. The van der Waals surface area contributed by atoms with E-state index in [0.29, 0.717) is 0 Å². The molecule has 0 saturated carbocycles. The Morgan fingerprint density at radius 3 is 2.45 bits per heavy atom. The van der Waals surface area contributed by atoms with Crippen LogP contribution in [0.1, 0.15) is 31.0 Å². The predicted molar refractivity (Wildman–Crippen MR) is 88.3 cm³/mol. The minimum absolute atomic E-state index is 0.102. The second kappa shape index (κ2) is 7.01. The third kappa shape index (κ3) is 3.91. The van der Waals surface area contributed by atoms with Crippen molar-refractivity contribution >= 4 is 22.6 Å². The van der Waals surface area contributed by atoms with Crippen LogP contribution in [0.15, 0.2) is 42.7 Å². The molecule has 2 rings (SSSR count). The van der Waals surface area contributed by atoms with Crippen molar-refractivity contribution in [2.45, 2.75) is 26.0 Å². The smallest absolute Gasteiger partial charge is 0.138 e. The summed E-state index contributed by atoms with van der Waals surface area (Å²) in [7, 11) is 0. The lowest BCUT2D eigenvalue weighted by atomic mass is 10.0. The molecule has 0 spiro atoms. The summed E-state index contributed by atoms with van der Waals surface area (Å²) in [6.45, 7) is 3.98. The maximum Gasteiger partial charge on any atom is 0.138 e. The maximum absolute atomic E-state index is 5.71. The second-order valence-electron chi connectivity index (χ2n) is 4.77. The fourth-order valence-electron chi connectivity index (χ4n) is 1.97. The normalized spacial score (nSPS) is 12.4. The molecule has 1 unspecified atom stereocenters. The molecule has 0 bridgehead atoms. The van der Waals surface area contributed by atoms with Crippen molar-refractivity contribution in [3.05, 3.63) is 57.4 Å². The molecule has 106 valence electrons. The fraction of sp³-hybridized carbons (Fsp3) is 0.267. The number of rotatable bonds is 5. The van der Waals surface area contributed by atoms with Crippen LogP contribution in [0.25, 0.3) is 0 Å². The average Bonchev–Trinajstić information content (AvgIpc) is 2.41. The summed E-state index contributed by atoms with van der Waals surface area (Å²) in [6, 6.07) is 10.1. The van der Waals surface area contributed by atoms with Crippen LogP contribution in [0.4, 0.5) is 0 Å². The molecule has 0 fully saturated rings. The molecule has 1 aromatic heterocycles. The van der Waals surface area contributed by atoms with Crippen molar-refractivity contribution in [3.8, 4) is 5.75 Å². The van der Waals surface area contributed by atoms with Crippen molar-refractivity contribution < 1.29 is 4.74 Å². The van der Waals surface area contributed by atoms with Gasteiger partial charge < -0.3 is 4.74 Å². The van der Waals surface area contributed by atoms with Gasteiger partial charge >= 0.3 is 0 Å². The first-order valence-electron chi connectivity index (χ1n) is 6.43. The van der Waals surface area contributed by atoms with Crippen molar-refractivity contribution in [2.75, 3.05) is 0 Å². The maximum atomic E-state index is 5.71. The van der Waals surface area contributed by atoms with Gasteiger partial charge in [-0.25, -0.2) is 5.43 Å². The number of benzene rings is 1. The van der Waals surface area contributed by atoms with Gasteiger partial charge in [0.05, 0.1) is 18.3 Å². The number of hydrazine groups is 1. The van der Waals surface area contributed by atoms with Gasteiger partial charge in [-0.15, -0.1) is 0 Å². The molecule has 3 N–H and O–H groups in total. The molecule has 4 nitrogen and oxygen atoms in total. The largest absolute Gasteiger partial charge is 0.489 e. The number of ether oxygens (including phenoxy) is 1. The van der Waals surface area contributed by atoms with E-state index >= 15 is 0 Å². The van der Waals surface area contributed by atoms with Gasteiger partial charge in [-0.2, -0.15) is 0 Å². The van der Waals surface area contributed by atoms with Gasteiger partial charge in [0.25, 0.3) is 0 Å². The molecule has 0 aliphatic carbocycles. The Balaban J connectivity index is 2.29. The van der Waals surface area contributed by atoms with Crippen LogP contribution in [-0.4, -0.2) is 11.1 Å². The number of hydrogen-bond donors (Lipinski definition) is 2. The van der Waals surface area contributed by atoms with Crippen LogP contribution in [0.5, 0.6) is 5.75 Å². The Kier molecular flexibility index (Phi) is 5.33. The number of nitrogens with zero attached hydrogens (tertiary/aromatic N) is 1. The number of nitrogens with two attached hydrogens (primary N) is 1. The van der Waals surface area contributed by atoms with Gasteiger partial charge in [0.15, 0.2) is 0 Å². The number of pyridine rings is 1. The van der Waals surface area contributed by atoms with Crippen molar-refractivity contribution in [3.63, 3.8) is 0 Å². The molecule has 5 heteroatoms. The molecule has 20 heavy (non-hydrogen) atoms. The first-order valence-corrected chi connectivity index (χ1v) is 7.51. The fourth-order valence-corrected chi connectivity index (χ4v) is 2.33. The minimum Gasteiger partial charge on any atom is -0.489 e. The summed E-state index contributed by atoms with van der Waals surface area (Å²) in [5.74, 6) is 6.46. The van der Waals surface area contributed by atoms with Crippen LogP contribution in [-0.2, 0) is 0 Å². The van der Waals surface area contributed by atoms with Gasteiger partial charge in [0, 0.05) is 9.77 Å². The number of halogens is 1. The second-order valence-corrected chi connectivity index (χ2v) is 6.02. The summed E-state index contributed by atoms with van der Waals surface area (Å²) in [5, 5.41) is 0. The van der Waals surface area contributed by atoms with E-state index in [2.05, 4.69) is 57.3 Å². The highest BCUT2D eigenvalue weighted by Crippen LogP contribution is 2.24. The highest BCUT2D eigenvalue weighted by Gasteiger charge is 2.13. The molecule has 1 heterocycles. The first-order chi connectivity index (χ1) is 9.60. The quantitative estimate of drug-likeness (QED) is 0.474. The summed E-state index contributed by atoms with van der Waals surface area (Å²) >= 11 is 2.28. The zero-order valence-corrected chi connectivity index (χ0v) is 13.7. The predicted octanol–water partition coefficient (Wildman–Crippen LogP) is 3.03. The number of nitrogens with one attached hydrogen (secondary N) is 1. The van der Waals surface area contributed by atoms with E-state index in [1.165, 1.54) is 3.57 Å². The molecule has 2 aromatic rings. The summed E-state index contributed by atoms with van der Waals surface area (Å²) in [5.41, 5.74) is 4.91. The Labute approximate surface area is 132 Å². The Morgan fingerprint density at radius 1 is 1.15 bits per heavy atom. The first kappa shape index (κ1) is 15.2. The topological polar surface area (TPSA) is 60.2 Å². The third-order valence-corrected chi connectivity index (χ3v) is 3.53. The van der Waals surface area contributed by atoms with E-state index < -0.39 is 0 Å². The Bertz CT molecular complexity index is 557. The molecule has 0 radical (unpaired) electrons. The van der Waals surface area contributed by atoms with Crippen molar-refractivity contribution in [1.82, 2.24) is 10.4 Å². The highest BCUT2D eigenvalue weighted by atomic mass is 127. The lowest BCUT2D eigenvalue weighted by Crippen LogP contribution is -2.29. The zero-order chi connectivity index (χ0) is 14.5. The Morgan fingerprint density at radius 2 is 1.85 bits per heavy atom. The minimum atomic E-state index is -0.102. The van der Waals surface area contributed by atoms with Crippen molar-refractivity contribution in [2.24, 2.45) is 5.84 Å². The molecule has 0 amide bonds. The van der Waals surface area contributed by atoms with Crippen LogP contribution < -0.4 is 16.0 Å². The van der Waals surface area contributed by atoms with Crippen molar-refractivity contribution in [1.29, 1.82) is 0 Å². The molecule has 0 aliphatic heterocycles. The van der Waals surface area contributed by atoms with Crippen LogP contribution in [0.2, 0.25) is 0 Å². The van der Waals surface area contributed by atoms with Gasteiger partial charge in [-0.05, 0) is 65.8 Å². The summed E-state index contributed by atoms with van der Waals surface area (Å²) < 4.78 is 6.86. The summed E-state index contributed by atoms with van der Waals surface area (Å²) in [6.07, 6.45) is 3.63. The summed E-state index contributed by atoms with van der Waals surface area (Å²) in [4.78, 5) is 4.23. The van der Waals surface area contributed by atoms with E-state index in [1.54, 1.807) is 12.4 Å². The van der Waals surface area contributed by atoms with Gasteiger partial charge in [-0.3, -0.25) is 10.8 Å². The van der Waals surface area contributed by atoms with Gasteiger partial charge in [0.1, 0.15) is 5.75 Å². The molecule has 0 aliphatic rings. The SMILES string of the molecule is CC(C)Oc1cncc(C(NN)c2ccc(I)cc2)c1. The van der Waals surface area contributed by atoms with E-state index in [0.717, 1.165) is 16.9 Å². The lowest BCUT2D eigenvalue weighted by molar-refractivity contribution is 0.241. The molecule has 0 saturated heterocycles. The number of hydrogen-bond acceptors (Lipinski definition) is 4. The van der Waals surface area contributed by atoms with Gasteiger partial charge in [0.2, 0.25) is 0 Å². The van der Waals surface area contributed by atoms with Crippen LogP contribution >= 0.6 is 22.6 Å². The average molecular weight is 383 g/mol. The highest BCUT2D eigenvalue weighted by molar-refractivity contribution is 14.1. The zero-order valence-electron chi connectivity index (χ0n) is 11.5. The van der Waals surface area contributed by atoms with E-state index in [1.807, 2.05) is 19.9 Å². The molecule has 1 atom stereocenters. The monoisotopic (exact) mass is 383 g/mol. The molecular weight excluding hydrogens is 365 g/mol. The van der Waals surface area contributed by atoms with Gasteiger partial charge in [-0.1, -0.05) is 12.1 Å². The number of aromatic nitrogens is 1. The standard InChI is InChI=1S/C15H18IN3O/c1-10(2)20-14-7-12(8-18-9-14)15(19-17)11-3-5-13(16)6-4-11/h3-10,15,19H,17H2,1-2H3. The lowest BCUT2D eigenvalue weighted by Gasteiger charge is -2.18. The Hall–Kier alpha value is -1.18.